The van der Waals surface area contributed by atoms with Crippen molar-refractivity contribution in [1.29, 1.82) is 0 Å². The highest BCUT2D eigenvalue weighted by molar-refractivity contribution is 14.1. The highest BCUT2D eigenvalue weighted by atomic mass is 127. The third-order valence-corrected chi connectivity index (χ3v) is 5.35. The largest absolute Gasteiger partial charge is 0.490 e. The Kier molecular flexibility index (Phi) is 7.50. The Labute approximate surface area is 188 Å². The normalized spacial score (nSPS) is 11.1. The number of nitrogens with zero attached hydrogens (tertiary/aromatic N) is 1. The average molecular weight is 524 g/mol. The summed E-state index contributed by atoms with van der Waals surface area (Å²) < 4.78 is 25.7. The summed E-state index contributed by atoms with van der Waals surface area (Å²) in [6.07, 6.45) is 1.77. The maximum absolute atomic E-state index is 13.1. The molecule has 0 saturated carbocycles. The van der Waals surface area contributed by atoms with Gasteiger partial charge in [0.2, 0.25) is 0 Å². The van der Waals surface area contributed by atoms with Crippen LogP contribution in [-0.4, -0.2) is 12.8 Å². The van der Waals surface area contributed by atoms with E-state index in [1.807, 2.05) is 44.2 Å². The minimum Gasteiger partial charge on any atom is -0.490 e. The van der Waals surface area contributed by atoms with Crippen molar-refractivity contribution in [1.82, 2.24) is 0 Å². The van der Waals surface area contributed by atoms with Gasteiger partial charge in [0.05, 0.1) is 15.9 Å². The summed E-state index contributed by atoms with van der Waals surface area (Å²) in [5.74, 6) is 1.04. The molecule has 0 saturated heterocycles. The molecule has 0 aromatic heterocycles. The Balaban J connectivity index is 1.82. The van der Waals surface area contributed by atoms with Gasteiger partial charge in [0, 0.05) is 11.2 Å². The molecule has 6 heteroatoms. The minimum absolute atomic E-state index is 0.267. The lowest BCUT2D eigenvalue weighted by molar-refractivity contribution is 0.267. The van der Waals surface area contributed by atoms with Crippen LogP contribution in [0.2, 0.25) is 5.02 Å². The zero-order valence-corrected chi connectivity index (χ0v) is 19.0. The van der Waals surface area contributed by atoms with Crippen molar-refractivity contribution in [3.05, 3.63) is 85.7 Å². The molecule has 3 aromatic carbocycles. The van der Waals surface area contributed by atoms with Crippen LogP contribution in [0.3, 0.4) is 0 Å². The molecule has 0 atom stereocenters. The molecule has 0 aliphatic carbocycles. The Morgan fingerprint density at radius 1 is 1.07 bits per heavy atom. The molecule has 0 heterocycles. The molecule has 0 unspecified atom stereocenters. The second-order valence-electron chi connectivity index (χ2n) is 6.37. The van der Waals surface area contributed by atoms with E-state index in [0.717, 1.165) is 25.9 Å². The van der Waals surface area contributed by atoms with Gasteiger partial charge in [0.15, 0.2) is 11.5 Å². The number of aliphatic imine (C=N–C) groups is 1. The monoisotopic (exact) mass is 523 g/mol. The molecule has 3 nitrogen and oxygen atoms in total. The first-order valence-electron chi connectivity index (χ1n) is 9.10. The summed E-state index contributed by atoms with van der Waals surface area (Å²) in [6, 6.07) is 15.8. The zero-order valence-electron chi connectivity index (χ0n) is 16.1. The van der Waals surface area contributed by atoms with Crippen LogP contribution in [0.4, 0.5) is 10.1 Å². The molecule has 3 aromatic rings. The fourth-order valence-electron chi connectivity index (χ4n) is 2.61. The van der Waals surface area contributed by atoms with Gasteiger partial charge in [-0.25, -0.2) is 4.39 Å². The summed E-state index contributed by atoms with van der Waals surface area (Å²) >= 11 is 8.39. The molecule has 0 radical (unpaired) electrons. The Hall–Kier alpha value is -2.12. The van der Waals surface area contributed by atoms with E-state index in [2.05, 4.69) is 27.6 Å². The molecule has 0 bridgehead atoms. The molecule has 0 aliphatic heterocycles. The van der Waals surface area contributed by atoms with Crippen LogP contribution in [0.25, 0.3) is 0 Å². The molecule has 29 heavy (non-hydrogen) atoms. The van der Waals surface area contributed by atoms with Crippen molar-refractivity contribution in [3.8, 4) is 11.5 Å². The second kappa shape index (κ2) is 10.1. The highest BCUT2D eigenvalue weighted by Gasteiger charge is 2.12. The Morgan fingerprint density at radius 2 is 1.83 bits per heavy atom. The minimum atomic E-state index is -0.267. The van der Waals surface area contributed by atoms with Crippen LogP contribution in [0.1, 0.15) is 23.6 Å². The molecule has 0 N–H and O–H groups in total. The van der Waals surface area contributed by atoms with Crippen LogP contribution in [0.15, 0.2) is 59.6 Å². The third-order valence-electron chi connectivity index (χ3n) is 4.15. The van der Waals surface area contributed by atoms with Gasteiger partial charge in [-0.05, 0) is 89.5 Å². The van der Waals surface area contributed by atoms with Gasteiger partial charge >= 0.3 is 0 Å². The van der Waals surface area contributed by atoms with Gasteiger partial charge in [-0.3, -0.25) is 4.99 Å². The van der Waals surface area contributed by atoms with Crippen molar-refractivity contribution >= 4 is 46.1 Å². The van der Waals surface area contributed by atoms with E-state index in [1.54, 1.807) is 18.3 Å². The van der Waals surface area contributed by atoms with Crippen LogP contribution in [0, 0.1) is 16.3 Å². The SMILES string of the molecule is CCOc1cc(C=Nc2ccc(C)c(Cl)c2)cc(I)c1OCc1ccc(F)cc1. The van der Waals surface area contributed by atoms with E-state index in [9.17, 15) is 4.39 Å². The van der Waals surface area contributed by atoms with Gasteiger partial charge in [-0.2, -0.15) is 0 Å². The number of halogens is 3. The van der Waals surface area contributed by atoms with E-state index >= 15 is 0 Å². The third kappa shape index (κ3) is 5.93. The molecule has 0 spiro atoms. The summed E-state index contributed by atoms with van der Waals surface area (Å²) in [7, 11) is 0. The Morgan fingerprint density at radius 3 is 2.52 bits per heavy atom. The number of rotatable bonds is 7. The number of benzene rings is 3. The number of hydrogen-bond acceptors (Lipinski definition) is 3. The van der Waals surface area contributed by atoms with Gasteiger partial charge < -0.3 is 9.47 Å². The summed E-state index contributed by atoms with van der Waals surface area (Å²) in [5, 5.41) is 0.689. The molecular formula is C23H20ClFINO2. The van der Waals surface area contributed by atoms with Crippen molar-refractivity contribution in [2.75, 3.05) is 6.61 Å². The number of aryl methyl sites for hydroxylation is 1. The summed E-state index contributed by atoms with van der Waals surface area (Å²) in [6.45, 7) is 4.71. The molecule has 0 aliphatic rings. The van der Waals surface area contributed by atoms with E-state index in [1.165, 1.54) is 12.1 Å². The van der Waals surface area contributed by atoms with Crippen LogP contribution in [0.5, 0.6) is 11.5 Å². The standard InChI is InChI=1S/C23H20ClFINO2/c1-3-28-22-11-17(13-27-19-9-4-15(2)20(24)12-19)10-21(26)23(22)29-14-16-5-7-18(25)8-6-16/h4-13H,3,14H2,1-2H3. The van der Waals surface area contributed by atoms with Crippen molar-refractivity contribution in [2.24, 2.45) is 4.99 Å². The van der Waals surface area contributed by atoms with Crippen LogP contribution >= 0.6 is 34.2 Å². The fraction of sp³-hybridized carbons (Fsp3) is 0.174. The number of ether oxygens (including phenoxy) is 2. The van der Waals surface area contributed by atoms with Gasteiger partial charge in [-0.15, -0.1) is 0 Å². The lowest BCUT2D eigenvalue weighted by Gasteiger charge is -2.15. The van der Waals surface area contributed by atoms with Crippen molar-refractivity contribution in [3.63, 3.8) is 0 Å². The predicted molar refractivity (Wildman–Crippen MR) is 125 cm³/mol. The smallest absolute Gasteiger partial charge is 0.175 e. The fourth-order valence-corrected chi connectivity index (χ4v) is 3.57. The van der Waals surface area contributed by atoms with Crippen molar-refractivity contribution < 1.29 is 13.9 Å². The van der Waals surface area contributed by atoms with Gasteiger partial charge in [0.25, 0.3) is 0 Å². The number of hydrogen-bond donors (Lipinski definition) is 0. The predicted octanol–water partition coefficient (Wildman–Crippen LogP) is 7.12. The molecular weight excluding hydrogens is 504 g/mol. The second-order valence-corrected chi connectivity index (χ2v) is 7.94. The lowest BCUT2D eigenvalue weighted by Crippen LogP contribution is -2.02. The van der Waals surface area contributed by atoms with Crippen LogP contribution < -0.4 is 9.47 Å². The van der Waals surface area contributed by atoms with E-state index in [0.29, 0.717) is 29.7 Å². The first-order chi connectivity index (χ1) is 14.0. The topological polar surface area (TPSA) is 30.8 Å². The first-order valence-corrected chi connectivity index (χ1v) is 10.6. The van der Waals surface area contributed by atoms with Gasteiger partial charge in [-0.1, -0.05) is 29.8 Å². The molecule has 3 rings (SSSR count). The van der Waals surface area contributed by atoms with E-state index < -0.39 is 0 Å². The highest BCUT2D eigenvalue weighted by Crippen LogP contribution is 2.35. The maximum Gasteiger partial charge on any atom is 0.175 e. The Bertz CT molecular complexity index is 1020. The van der Waals surface area contributed by atoms with Gasteiger partial charge in [0.1, 0.15) is 12.4 Å². The zero-order chi connectivity index (χ0) is 20.8. The molecule has 150 valence electrons. The summed E-state index contributed by atoms with van der Waals surface area (Å²) in [5.41, 5.74) is 3.57. The van der Waals surface area contributed by atoms with Crippen LogP contribution in [-0.2, 0) is 6.61 Å². The first kappa shape index (κ1) is 21.6. The molecule has 0 fully saturated rings. The molecule has 0 amide bonds. The lowest BCUT2D eigenvalue weighted by atomic mass is 10.2. The van der Waals surface area contributed by atoms with Crippen molar-refractivity contribution in [2.45, 2.75) is 20.5 Å². The quantitative estimate of drug-likeness (QED) is 0.244. The van der Waals surface area contributed by atoms with E-state index in [-0.39, 0.29) is 5.82 Å². The average Bonchev–Trinajstić information content (AvgIpc) is 2.70. The summed E-state index contributed by atoms with van der Waals surface area (Å²) in [4.78, 5) is 4.51. The maximum atomic E-state index is 13.1. The van der Waals surface area contributed by atoms with E-state index in [4.69, 9.17) is 21.1 Å².